The maximum Gasteiger partial charge on any atom is 0.152 e. The number of hydrogen-bond acceptors (Lipinski definition) is 3. The van der Waals surface area contributed by atoms with Crippen LogP contribution in [0.25, 0.3) is 10.2 Å². The standard InChI is InChI=1S/C7H5NOS.ClH/c9-5-4-10-6-2-1-3-8-7(5)6;/h1-4,9H;1H. The summed E-state index contributed by atoms with van der Waals surface area (Å²) in [6, 6.07) is 3.80. The van der Waals surface area contributed by atoms with Crippen molar-refractivity contribution in [2.75, 3.05) is 0 Å². The minimum atomic E-state index is 0. The van der Waals surface area contributed by atoms with Crippen molar-refractivity contribution in [2.45, 2.75) is 0 Å². The molecule has 0 saturated heterocycles. The second kappa shape index (κ2) is 3.07. The van der Waals surface area contributed by atoms with Crippen LogP contribution in [0.3, 0.4) is 0 Å². The van der Waals surface area contributed by atoms with Crippen LogP contribution in [0, 0.1) is 0 Å². The summed E-state index contributed by atoms with van der Waals surface area (Å²) >= 11 is 1.50. The monoisotopic (exact) mass is 187 g/mol. The smallest absolute Gasteiger partial charge is 0.152 e. The highest BCUT2D eigenvalue weighted by Gasteiger charge is 1.99. The molecule has 0 spiro atoms. The van der Waals surface area contributed by atoms with Crippen LogP contribution in [0.5, 0.6) is 5.75 Å². The second-order valence-corrected chi connectivity index (χ2v) is 2.88. The van der Waals surface area contributed by atoms with Gasteiger partial charge in [-0.2, -0.15) is 0 Å². The lowest BCUT2D eigenvalue weighted by Crippen LogP contribution is -1.68. The van der Waals surface area contributed by atoms with Gasteiger partial charge in [-0.15, -0.1) is 23.7 Å². The highest BCUT2D eigenvalue weighted by molar-refractivity contribution is 7.17. The molecule has 0 amide bonds. The van der Waals surface area contributed by atoms with Gasteiger partial charge in [0.15, 0.2) is 5.75 Å². The Morgan fingerprint density at radius 2 is 2.27 bits per heavy atom. The molecule has 0 aromatic carbocycles. The first-order valence-electron chi connectivity index (χ1n) is 2.89. The quantitative estimate of drug-likeness (QED) is 0.687. The van der Waals surface area contributed by atoms with E-state index in [1.807, 2.05) is 12.1 Å². The summed E-state index contributed by atoms with van der Waals surface area (Å²) in [5.41, 5.74) is 0.701. The van der Waals surface area contributed by atoms with Crippen molar-refractivity contribution in [1.82, 2.24) is 4.98 Å². The van der Waals surface area contributed by atoms with Gasteiger partial charge in [0.05, 0.1) is 4.70 Å². The third-order valence-electron chi connectivity index (χ3n) is 1.31. The van der Waals surface area contributed by atoms with Crippen LogP contribution >= 0.6 is 23.7 Å². The summed E-state index contributed by atoms with van der Waals surface area (Å²) < 4.78 is 1.03. The second-order valence-electron chi connectivity index (χ2n) is 1.97. The molecule has 4 heteroatoms. The van der Waals surface area contributed by atoms with E-state index in [-0.39, 0.29) is 18.2 Å². The first kappa shape index (κ1) is 8.30. The molecule has 0 unspecified atom stereocenters. The van der Waals surface area contributed by atoms with E-state index in [1.165, 1.54) is 11.3 Å². The Morgan fingerprint density at radius 3 is 3.00 bits per heavy atom. The Balaban J connectivity index is 0.000000605. The lowest BCUT2D eigenvalue weighted by molar-refractivity contribution is 0.482. The Bertz CT molecular complexity index is 360. The van der Waals surface area contributed by atoms with Crippen LogP contribution in [0.15, 0.2) is 23.7 Å². The third kappa shape index (κ3) is 1.29. The molecule has 1 N–H and O–H groups in total. The van der Waals surface area contributed by atoms with Gasteiger partial charge < -0.3 is 5.11 Å². The zero-order chi connectivity index (χ0) is 6.97. The molecule has 2 aromatic rings. The van der Waals surface area contributed by atoms with Gasteiger partial charge in [-0.1, -0.05) is 0 Å². The van der Waals surface area contributed by atoms with Crippen LogP contribution in [0.1, 0.15) is 0 Å². The fraction of sp³-hybridized carbons (Fsp3) is 0. The predicted octanol–water partition coefficient (Wildman–Crippen LogP) is 2.42. The zero-order valence-electron chi connectivity index (χ0n) is 5.52. The van der Waals surface area contributed by atoms with Crippen molar-refractivity contribution in [2.24, 2.45) is 0 Å². The number of halogens is 1. The van der Waals surface area contributed by atoms with Gasteiger partial charge in [-0.05, 0) is 12.1 Å². The normalized spacial score (nSPS) is 9.45. The van der Waals surface area contributed by atoms with Gasteiger partial charge in [0, 0.05) is 11.6 Å². The van der Waals surface area contributed by atoms with Crippen molar-refractivity contribution in [1.29, 1.82) is 0 Å². The Morgan fingerprint density at radius 1 is 1.45 bits per heavy atom. The molecule has 0 saturated carbocycles. The number of aromatic nitrogens is 1. The van der Waals surface area contributed by atoms with E-state index in [0.717, 1.165) is 4.70 Å². The summed E-state index contributed by atoms with van der Waals surface area (Å²) in [7, 11) is 0. The summed E-state index contributed by atoms with van der Waals surface area (Å²) in [5.74, 6) is 0.278. The third-order valence-corrected chi connectivity index (χ3v) is 2.24. The topological polar surface area (TPSA) is 33.1 Å². The average Bonchev–Trinajstić information content (AvgIpc) is 2.34. The van der Waals surface area contributed by atoms with Crippen LogP contribution in [0.4, 0.5) is 0 Å². The molecular formula is C7H6ClNOS. The highest BCUT2D eigenvalue weighted by Crippen LogP contribution is 2.28. The fourth-order valence-corrected chi connectivity index (χ4v) is 1.63. The Kier molecular flexibility index (Phi) is 2.31. The minimum Gasteiger partial charge on any atom is -0.505 e. The molecule has 2 aromatic heterocycles. The van der Waals surface area contributed by atoms with E-state index in [0.29, 0.717) is 5.52 Å². The van der Waals surface area contributed by atoms with Gasteiger partial charge in [0.1, 0.15) is 5.52 Å². The van der Waals surface area contributed by atoms with E-state index >= 15 is 0 Å². The van der Waals surface area contributed by atoms with Gasteiger partial charge in [-0.3, -0.25) is 4.98 Å². The molecule has 0 radical (unpaired) electrons. The lowest BCUT2D eigenvalue weighted by atomic mass is 10.4. The molecule has 2 heterocycles. The predicted molar refractivity (Wildman–Crippen MR) is 48.5 cm³/mol. The largest absolute Gasteiger partial charge is 0.505 e. The van der Waals surface area contributed by atoms with Crippen molar-refractivity contribution in [3.05, 3.63) is 23.7 Å². The van der Waals surface area contributed by atoms with E-state index in [1.54, 1.807) is 11.6 Å². The zero-order valence-corrected chi connectivity index (χ0v) is 7.15. The molecular weight excluding hydrogens is 182 g/mol. The number of pyridine rings is 1. The molecule has 0 bridgehead atoms. The lowest BCUT2D eigenvalue weighted by Gasteiger charge is -1.85. The number of aromatic hydroxyl groups is 1. The maximum absolute atomic E-state index is 9.16. The molecule has 11 heavy (non-hydrogen) atoms. The molecule has 2 nitrogen and oxygen atoms in total. The van der Waals surface area contributed by atoms with E-state index in [2.05, 4.69) is 4.98 Å². The maximum atomic E-state index is 9.16. The summed E-state index contributed by atoms with van der Waals surface area (Å²) in [4.78, 5) is 4.00. The molecule has 0 aliphatic carbocycles. The Hall–Kier alpha value is -0.800. The van der Waals surface area contributed by atoms with Crippen molar-refractivity contribution in [3.8, 4) is 5.75 Å². The van der Waals surface area contributed by atoms with Crippen molar-refractivity contribution >= 4 is 34.0 Å². The first-order valence-corrected chi connectivity index (χ1v) is 3.77. The summed E-state index contributed by atoms with van der Waals surface area (Å²) in [6.45, 7) is 0. The van der Waals surface area contributed by atoms with Gasteiger partial charge >= 0.3 is 0 Å². The molecule has 58 valence electrons. The Labute approximate surface area is 73.9 Å². The van der Waals surface area contributed by atoms with Crippen LogP contribution in [0.2, 0.25) is 0 Å². The number of hydrogen-bond donors (Lipinski definition) is 1. The summed E-state index contributed by atoms with van der Waals surface area (Å²) in [5, 5.41) is 10.9. The van der Waals surface area contributed by atoms with Gasteiger partial charge in [0.25, 0.3) is 0 Å². The average molecular weight is 188 g/mol. The molecule has 0 atom stereocenters. The van der Waals surface area contributed by atoms with Crippen molar-refractivity contribution < 1.29 is 5.11 Å². The fourth-order valence-electron chi connectivity index (χ4n) is 0.853. The van der Waals surface area contributed by atoms with Crippen molar-refractivity contribution in [3.63, 3.8) is 0 Å². The van der Waals surface area contributed by atoms with Crippen LogP contribution < -0.4 is 0 Å². The van der Waals surface area contributed by atoms with E-state index in [4.69, 9.17) is 5.11 Å². The number of nitrogens with zero attached hydrogens (tertiary/aromatic N) is 1. The van der Waals surface area contributed by atoms with E-state index in [9.17, 15) is 0 Å². The molecule has 0 aliphatic heterocycles. The first-order chi connectivity index (χ1) is 4.88. The number of rotatable bonds is 0. The van der Waals surface area contributed by atoms with Crippen LogP contribution in [-0.4, -0.2) is 10.1 Å². The van der Waals surface area contributed by atoms with Crippen LogP contribution in [-0.2, 0) is 0 Å². The summed E-state index contributed by atoms with van der Waals surface area (Å²) in [6.07, 6.45) is 1.68. The minimum absolute atomic E-state index is 0. The molecule has 0 fully saturated rings. The van der Waals surface area contributed by atoms with Gasteiger partial charge in [0.2, 0.25) is 0 Å². The number of thiophene rings is 1. The van der Waals surface area contributed by atoms with E-state index < -0.39 is 0 Å². The van der Waals surface area contributed by atoms with Gasteiger partial charge in [-0.25, -0.2) is 0 Å². The number of fused-ring (bicyclic) bond motifs is 1. The highest BCUT2D eigenvalue weighted by atomic mass is 35.5. The molecule has 2 rings (SSSR count). The SMILES string of the molecule is Cl.Oc1csc2cccnc12. The molecule has 0 aliphatic rings.